The van der Waals surface area contributed by atoms with Crippen molar-refractivity contribution >= 4 is 0 Å². The van der Waals surface area contributed by atoms with Gasteiger partial charge in [0.2, 0.25) is 0 Å². The van der Waals surface area contributed by atoms with Gasteiger partial charge in [0.1, 0.15) is 0 Å². The first kappa shape index (κ1) is 15.0. The van der Waals surface area contributed by atoms with Gasteiger partial charge in [0, 0.05) is 19.1 Å². The Morgan fingerprint density at radius 2 is 1.35 bits per heavy atom. The fraction of sp³-hybridized carbons (Fsp3) is 1.00. The number of hydrazine groups is 1. The zero-order valence-electron chi connectivity index (χ0n) is 12.0. The van der Waals surface area contributed by atoms with E-state index in [9.17, 15) is 0 Å². The normalized spacial score (nSPS) is 22.9. The lowest BCUT2D eigenvalue weighted by atomic mass is 10.1. The SMILES string of the molecule is CCCCCCCCCCCCNN1CC1C. The van der Waals surface area contributed by atoms with E-state index < -0.39 is 0 Å². The van der Waals surface area contributed by atoms with Crippen molar-refractivity contribution < 1.29 is 0 Å². The predicted molar refractivity (Wildman–Crippen MR) is 76.0 cm³/mol. The Kier molecular flexibility index (Phi) is 8.72. The van der Waals surface area contributed by atoms with Gasteiger partial charge >= 0.3 is 0 Å². The summed E-state index contributed by atoms with van der Waals surface area (Å²) in [6.07, 6.45) is 14.3. The molecule has 1 rings (SSSR count). The second-order valence-corrected chi connectivity index (χ2v) is 5.59. The molecule has 0 radical (unpaired) electrons. The number of hydrogen-bond acceptors (Lipinski definition) is 2. The zero-order valence-corrected chi connectivity index (χ0v) is 12.0. The Labute approximate surface area is 108 Å². The van der Waals surface area contributed by atoms with Gasteiger partial charge in [-0.25, -0.2) is 5.01 Å². The van der Waals surface area contributed by atoms with Crippen LogP contribution in [-0.2, 0) is 0 Å². The molecule has 2 heteroatoms. The van der Waals surface area contributed by atoms with Crippen molar-refractivity contribution in [1.29, 1.82) is 0 Å². The van der Waals surface area contributed by atoms with E-state index in [1.54, 1.807) is 0 Å². The lowest BCUT2D eigenvalue weighted by molar-refractivity contribution is 0.368. The van der Waals surface area contributed by atoms with Gasteiger partial charge in [-0.3, -0.25) is 5.43 Å². The molecule has 1 aliphatic heterocycles. The molecule has 0 saturated carbocycles. The van der Waals surface area contributed by atoms with E-state index in [2.05, 4.69) is 24.3 Å². The van der Waals surface area contributed by atoms with Crippen LogP contribution in [0, 0.1) is 0 Å². The molecule has 1 heterocycles. The highest BCUT2D eigenvalue weighted by Gasteiger charge is 2.27. The van der Waals surface area contributed by atoms with Gasteiger partial charge in [-0.15, -0.1) is 0 Å². The topological polar surface area (TPSA) is 15.0 Å². The molecule has 0 bridgehead atoms. The smallest absolute Gasteiger partial charge is 0.0357 e. The van der Waals surface area contributed by atoms with Crippen LogP contribution >= 0.6 is 0 Å². The molecule has 0 aromatic heterocycles. The second kappa shape index (κ2) is 9.90. The quantitative estimate of drug-likeness (QED) is 0.408. The molecular formula is C15H32N2. The van der Waals surface area contributed by atoms with Crippen LogP contribution in [0.2, 0.25) is 0 Å². The monoisotopic (exact) mass is 240 g/mol. The molecule has 0 aromatic rings. The van der Waals surface area contributed by atoms with Crippen molar-refractivity contribution in [2.24, 2.45) is 0 Å². The molecule has 2 atom stereocenters. The van der Waals surface area contributed by atoms with Gasteiger partial charge in [-0.2, -0.15) is 0 Å². The van der Waals surface area contributed by atoms with Crippen LogP contribution in [0.25, 0.3) is 0 Å². The highest BCUT2D eigenvalue weighted by Crippen LogP contribution is 2.12. The van der Waals surface area contributed by atoms with Crippen molar-refractivity contribution in [3.63, 3.8) is 0 Å². The van der Waals surface area contributed by atoms with Gasteiger partial charge in [-0.1, -0.05) is 64.7 Å². The lowest BCUT2D eigenvalue weighted by Crippen LogP contribution is -2.23. The van der Waals surface area contributed by atoms with E-state index in [1.807, 2.05) is 0 Å². The summed E-state index contributed by atoms with van der Waals surface area (Å²) in [5.41, 5.74) is 3.46. The molecule has 0 aliphatic carbocycles. The minimum Gasteiger partial charge on any atom is -0.255 e. The summed E-state index contributed by atoms with van der Waals surface area (Å²) in [7, 11) is 0. The number of hydrogen-bond donors (Lipinski definition) is 1. The molecule has 17 heavy (non-hydrogen) atoms. The standard InChI is InChI=1S/C15H32N2/c1-3-4-5-6-7-8-9-10-11-12-13-16-17-14-15(17)2/h15-16H,3-14H2,1-2H3. The van der Waals surface area contributed by atoms with Crippen LogP contribution in [0.15, 0.2) is 0 Å². The van der Waals surface area contributed by atoms with Crippen molar-refractivity contribution in [3.05, 3.63) is 0 Å². The molecular weight excluding hydrogens is 208 g/mol. The molecule has 0 aromatic carbocycles. The molecule has 1 N–H and O–H groups in total. The summed E-state index contributed by atoms with van der Waals surface area (Å²) in [6.45, 7) is 6.98. The van der Waals surface area contributed by atoms with Gasteiger partial charge in [-0.05, 0) is 13.3 Å². The van der Waals surface area contributed by atoms with E-state index >= 15 is 0 Å². The van der Waals surface area contributed by atoms with Crippen molar-refractivity contribution in [1.82, 2.24) is 10.4 Å². The first-order valence-electron chi connectivity index (χ1n) is 7.84. The molecule has 1 fully saturated rings. The summed E-state index contributed by atoms with van der Waals surface area (Å²) < 4.78 is 0. The van der Waals surface area contributed by atoms with Crippen LogP contribution in [0.5, 0.6) is 0 Å². The highest BCUT2D eigenvalue weighted by atomic mass is 15.6. The van der Waals surface area contributed by atoms with Crippen LogP contribution in [-0.4, -0.2) is 24.1 Å². The summed E-state index contributed by atoms with van der Waals surface area (Å²) in [5, 5.41) is 2.33. The maximum atomic E-state index is 3.46. The molecule has 102 valence electrons. The van der Waals surface area contributed by atoms with Crippen LogP contribution in [0.3, 0.4) is 0 Å². The van der Waals surface area contributed by atoms with Crippen molar-refractivity contribution in [2.75, 3.05) is 13.1 Å². The minimum absolute atomic E-state index is 0.790. The Morgan fingerprint density at radius 3 is 1.82 bits per heavy atom. The summed E-state index contributed by atoms with van der Waals surface area (Å²) >= 11 is 0. The third-order valence-corrected chi connectivity index (χ3v) is 3.70. The number of nitrogens with zero attached hydrogens (tertiary/aromatic N) is 1. The zero-order chi connectivity index (χ0) is 12.3. The van der Waals surface area contributed by atoms with Crippen LogP contribution in [0.4, 0.5) is 0 Å². The maximum Gasteiger partial charge on any atom is 0.0357 e. The average Bonchev–Trinajstić information content (AvgIpc) is 3.02. The third-order valence-electron chi connectivity index (χ3n) is 3.70. The second-order valence-electron chi connectivity index (χ2n) is 5.59. The van der Waals surface area contributed by atoms with Gasteiger partial charge in [0.15, 0.2) is 0 Å². The molecule has 2 nitrogen and oxygen atoms in total. The highest BCUT2D eigenvalue weighted by molar-refractivity contribution is 4.80. The Morgan fingerprint density at radius 1 is 0.882 bits per heavy atom. The van der Waals surface area contributed by atoms with E-state index in [0.717, 1.165) is 6.04 Å². The third kappa shape index (κ3) is 8.62. The number of unbranched alkanes of at least 4 members (excludes halogenated alkanes) is 9. The Hall–Kier alpha value is -0.0800. The van der Waals surface area contributed by atoms with E-state index in [-0.39, 0.29) is 0 Å². The van der Waals surface area contributed by atoms with Gasteiger partial charge in [0.25, 0.3) is 0 Å². The minimum atomic E-state index is 0.790. The lowest BCUT2D eigenvalue weighted by Gasteiger charge is -2.05. The summed E-state index contributed by atoms with van der Waals surface area (Å²) in [6, 6.07) is 0.790. The first-order chi connectivity index (χ1) is 8.34. The Bertz CT molecular complexity index is 170. The molecule has 1 saturated heterocycles. The van der Waals surface area contributed by atoms with Crippen molar-refractivity contribution in [2.45, 2.75) is 84.1 Å². The maximum absolute atomic E-state index is 3.46. The first-order valence-corrected chi connectivity index (χ1v) is 7.84. The summed E-state index contributed by atoms with van der Waals surface area (Å²) in [4.78, 5) is 0. The average molecular weight is 240 g/mol. The molecule has 2 unspecified atom stereocenters. The van der Waals surface area contributed by atoms with Crippen LogP contribution in [0.1, 0.15) is 78.1 Å². The number of nitrogens with one attached hydrogen (secondary N) is 1. The molecule has 0 amide bonds. The fourth-order valence-electron chi connectivity index (χ4n) is 2.29. The van der Waals surface area contributed by atoms with Crippen molar-refractivity contribution in [3.8, 4) is 0 Å². The van der Waals surface area contributed by atoms with E-state index in [0.29, 0.717) is 0 Å². The predicted octanol–water partition coefficient (Wildman–Crippen LogP) is 4.12. The Balaban J connectivity index is 1.64. The van der Waals surface area contributed by atoms with Gasteiger partial charge < -0.3 is 0 Å². The molecule has 1 aliphatic rings. The number of rotatable bonds is 12. The van der Waals surface area contributed by atoms with Gasteiger partial charge in [0.05, 0.1) is 0 Å². The largest absolute Gasteiger partial charge is 0.255 e. The fourth-order valence-corrected chi connectivity index (χ4v) is 2.29. The van der Waals surface area contributed by atoms with Crippen LogP contribution < -0.4 is 5.43 Å². The summed E-state index contributed by atoms with van der Waals surface area (Å²) in [5.74, 6) is 0. The van der Waals surface area contributed by atoms with E-state index in [4.69, 9.17) is 0 Å². The molecule has 0 spiro atoms. The van der Waals surface area contributed by atoms with E-state index in [1.165, 1.54) is 77.3 Å².